The molecular formula is C29H43ClN2O2. The molecule has 0 aliphatic carbocycles. The summed E-state index contributed by atoms with van der Waals surface area (Å²) in [5, 5.41) is 3.78. The molecule has 1 amide bonds. The summed E-state index contributed by atoms with van der Waals surface area (Å²) in [6.45, 7) is 6.29. The summed E-state index contributed by atoms with van der Waals surface area (Å²) in [7, 11) is 0. The number of benzene rings is 2. The highest BCUT2D eigenvalue weighted by molar-refractivity contribution is 6.30. The quantitative estimate of drug-likeness (QED) is 0.167. The van der Waals surface area contributed by atoms with Crippen LogP contribution >= 0.6 is 11.6 Å². The van der Waals surface area contributed by atoms with Crippen LogP contribution in [0.5, 0.6) is 0 Å². The molecule has 1 unspecified atom stereocenters. The molecule has 0 saturated heterocycles. The zero-order valence-electron chi connectivity index (χ0n) is 21.1. The van der Waals surface area contributed by atoms with Gasteiger partial charge in [-0.15, -0.1) is 0 Å². The van der Waals surface area contributed by atoms with Gasteiger partial charge in [0.05, 0.1) is 6.61 Å². The highest BCUT2D eigenvalue weighted by Gasteiger charge is 2.07. The van der Waals surface area contributed by atoms with E-state index < -0.39 is 0 Å². The molecule has 5 heteroatoms. The number of hydroxylamine groups is 1. The van der Waals surface area contributed by atoms with E-state index >= 15 is 0 Å². The molecule has 0 heterocycles. The molecule has 0 bridgehead atoms. The van der Waals surface area contributed by atoms with Gasteiger partial charge in [0, 0.05) is 29.6 Å². The number of carbonyl (C=O) groups is 1. The van der Waals surface area contributed by atoms with Crippen molar-refractivity contribution < 1.29 is 9.63 Å². The minimum atomic E-state index is 0.00322. The molecule has 0 aliphatic rings. The van der Waals surface area contributed by atoms with E-state index in [2.05, 4.69) is 24.6 Å². The van der Waals surface area contributed by atoms with Crippen molar-refractivity contribution in [3.05, 3.63) is 70.2 Å². The molecule has 188 valence electrons. The topological polar surface area (TPSA) is 50.4 Å². The van der Waals surface area contributed by atoms with Gasteiger partial charge in [-0.1, -0.05) is 108 Å². The first kappa shape index (κ1) is 28.4. The Labute approximate surface area is 211 Å². The third kappa shape index (κ3) is 12.0. The summed E-state index contributed by atoms with van der Waals surface area (Å²) in [6, 6.07) is 15.5. The first-order chi connectivity index (χ1) is 16.6. The Morgan fingerprint density at radius 3 is 2.06 bits per heavy atom. The predicted octanol–water partition coefficient (Wildman–Crippen LogP) is 7.82. The molecule has 1 atom stereocenters. The van der Waals surface area contributed by atoms with Crippen molar-refractivity contribution in [2.75, 3.05) is 13.2 Å². The number of hydrogen-bond donors (Lipinski definition) is 2. The number of carbonyl (C=O) groups excluding carboxylic acids is 1. The number of hydrogen-bond acceptors (Lipinski definition) is 3. The van der Waals surface area contributed by atoms with E-state index in [0.717, 1.165) is 23.6 Å². The van der Waals surface area contributed by atoms with Crippen LogP contribution in [0.1, 0.15) is 105 Å². The van der Waals surface area contributed by atoms with Gasteiger partial charge in [0.15, 0.2) is 0 Å². The lowest BCUT2D eigenvalue weighted by Gasteiger charge is -2.13. The molecule has 2 aromatic rings. The third-order valence-electron chi connectivity index (χ3n) is 6.18. The Bertz CT molecular complexity index is 793. The maximum Gasteiger partial charge on any atom is 0.251 e. The maximum absolute atomic E-state index is 12.3. The smallest absolute Gasteiger partial charge is 0.251 e. The summed E-state index contributed by atoms with van der Waals surface area (Å²) in [5.74, 6) is 0.273. The molecule has 2 rings (SSSR count). The first-order valence-corrected chi connectivity index (χ1v) is 13.4. The van der Waals surface area contributed by atoms with Crippen LogP contribution in [0.3, 0.4) is 0 Å². The average Bonchev–Trinajstić information content (AvgIpc) is 2.85. The Morgan fingerprint density at radius 2 is 1.44 bits per heavy atom. The minimum absolute atomic E-state index is 0.00322. The zero-order valence-corrected chi connectivity index (χ0v) is 21.8. The van der Waals surface area contributed by atoms with Crippen molar-refractivity contribution in [1.29, 1.82) is 0 Å². The molecule has 4 nitrogen and oxygen atoms in total. The maximum atomic E-state index is 12.3. The van der Waals surface area contributed by atoms with Gasteiger partial charge < -0.3 is 10.2 Å². The Kier molecular flexibility index (Phi) is 14.6. The molecule has 0 fully saturated rings. The van der Waals surface area contributed by atoms with Crippen LogP contribution in [-0.4, -0.2) is 19.1 Å². The van der Waals surface area contributed by atoms with E-state index in [4.69, 9.17) is 16.4 Å². The molecule has 0 aromatic heterocycles. The predicted molar refractivity (Wildman–Crippen MR) is 143 cm³/mol. The molecular weight excluding hydrogens is 444 g/mol. The number of unbranched alkanes of at least 4 members (excludes halogenated alkanes) is 9. The van der Waals surface area contributed by atoms with Crippen molar-refractivity contribution in [3.63, 3.8) is 0 Å². The zero-order chi connectivity index (χ0) is 24.4. The van der Waals surface area contributed by atoms with Crippen molar-refractivity contribution in [2.24, 2.45) is 0 Å². The van der Waals surface area contributed by atoms with Gasteiger partial charge in [-0.25, -0.2) is 0 Å². The van der Waals surface area contributed by atoms with E-state index in [-0.39, 0.29) is 11.8 Å². The number of nitrogens with one attached hydrogen (secondary N) is 2. The number of rotatable bonds is 18. The second-order valence-corrected chi connectivity index (χ2v) is 9.66. The minimum Gasteiger partial charge on any atom is -0.352 e. The molecule has 0 spiro atoms. The van der Waals surface area contributed by atoms with Crippen LogP contribution in [0.15, 0.2) is 48.5 Å². The van der Waals surface area contributed by atoms with Gasteiger partial charge in [0.25, 0.3) is 5.91 Å². The molecule has 34 heavy (non-hydrogen) atoms. The van der Waals surface area contributed by atoms with Crippen LogP contribution in [0.4, 0.5) is 0 Å². The van der Waals surface area contributed by atoms with E-state index in [1.165, 1.54) is 63.4 Å². The summed E-state index contributed by atoms with van der Waals surface area (Å²) >= 11 is 5.94. The highest BCUT2D eigenvalue weighted by atomic mass is 35.5. The van der Waals surface area contributed by atoms with Crippen LogP contribution in [0, 0.1) is 0 Å². The fourth-order valence-electron chi connectivity index (χ4n) is 3.90. The van der Waals surface area contributed by atoms with Crippen molar-refractivity contribution in [2.45, 2.75) is 90.5 Å². The molecule has 0 radical (unpaired) electrons. The van der Waals surface area contributed by atoms with Gasteiger partial charge in [0.2, 0.25) is 0 Å². The summed E-state index contributed by atoms with van der Waals surface area (Å²) in [5.41, 5.74) is 5.98. The third-order valence-corrected chi connectivity index (χ3v) is 6.43. The van der Waals surface area contributed by atoms with Crippen LogP contribution in [0.25, 0.3) is 0 Å². The van der Waals surface area contributed by atoms with Gasteiger partial charge in [-0.05, 0) is 41.8 Å². The van der Waals surface area contributed by atoms with Gasteiger partial charge >= 0.3 is 0 Å². The molecule has 0 aliphatic heterocycles. The van der Waals surface area contributed by atoms with Gasteiger partial charge in [-0.3, -0.25) is 4.79 Å². The van der Waals surface area contributed by atoms with Crippen LogP contribution in [0.2, 0.25) is 5.02 Å². The fourth-order valence-corrected chi connectivity index (χ4v) is 4.02. The standard InChI is InChI=1S/C29H43ClN2O2/c1-3-4-5-6-7-8-9-10-11-12-21-31-29(33)27-15-13-25(14-16-27)22-32-34-23-24(2)26-17-19-28(30)20-18-26/h13-20,24,32H,3-12,21-23H2,1-2H3,(H,31,33). The lowest BCUT2D eigenvalue weighted by atomic mass is 10.0. The van der Waals surface area contributed by atoms with Crippen molar-refractivity contribution in [1.82, 2.24) is 10.8 Å². The fraction of sp³-hybridized carbons (Fsp3) is 0.552. The summed E-state index contributed by atoms with van der Waals surface area (Å²) < 4.78 is 0. The molecule has 0 saturated carbocycles. The molecule has 2 aromatic carbocycles. The first-order valence-electron chi connectivity index (χ1n) is 13.1. The summed E-state index contributed by atoms with van der Waals surface area (Å²) in [4.78, 5) is 18.0. The number of amides is 1. The second-order valence-electron chi connectivity index (χ2n) is 9.22. The largest absolute Gasteiger partial charge is 0.352 e. The van der Waals surface area contributed by atoms with Crippen molar-refractivity contribution >= 4 is 17.5 Å². The summed E-state index contributed by atoms with van der Waals surface area (Å²) in [6.07, 6.45) is 13.0. The van der Waals surface area contributed by atoms with E-state index in [9.17, 15) is 4.79 Å². The lowest BCUT2D eigenvalue weighted by molar-refractivity contribution is 0.0291. The van der Waals surface area contributed by atoms with E-state index in [0.29, 0.717) is 18.7 Å². The Hall–Kier alpha value is -1.88. The lowest BCUT2D eigenvalue weighted by Crippen LogP contribution is -2.24. The Balaban J connectivity index is 1.52. The normalized spacial score (nSPS) is 12.0. The second kappa shape index (κ2) is 17.5. The molecule has 2 N–H and O–H groups in total. The average molecular weight is 487 g/mol. The SMILES string of the molecule is CCCCCCCCCCCCNC(=O)c1ccc(CNOCC(C)c2ccc(Cl)cc2)cc1. The highest BCUT2D eigenvalue weighted by Crippen LogP contribution is 2.18. The Morgan fingerprint density at radius 1 is 0.853 bits per heavy atom. The van der Waals surface area contributed by atoms with Gasteiger partial charge in [0.1, 0.15) is 0 Å². The van der Waals surface area contributed by atoms with Gasteiger partial charge in [-0.2, -0.15) is 5.48 Å². The van der Waals surface area contributed by atoms with Crippen LogP contribution < -0.4 is 10.8 Å². The van der Waals surface area contributed by atoms with Crippen molar-refractivity contribution in [3.8, 4) is 0 Å². The van der Waals surface area contributed by atoms with E-state index in [1.54, 1.807) is 0 Å². The number of halogens is 1. The van der Waals surface area contributed by atoms with Crippen LogP contribution in [-0.2, 0) is 11.4 Å². The monoisotopic (exact) mass is 486 g/mol. The van der Waals surface area contributed by atoms with E-state index in [1.807, 2.05) is 48.5 Å².